The highest BCUT2D eigenvalue weighted by Crippen LogP contribution is 2.17. The Hall–Kier alpha value is -1.91. The van der Waals surface area contributed by atoms with E-state index in [4.69, 9.17) is 0 Å². The largest absolute Gasteiger partial charge is 0.354 e. The molecule has 5 nitrogen and oxygen atoms in total. The molecule has 1 amide bonds. The second-order valence-electron chi connectivity index (χ2n) is 4.27. The number of hydrogen-bond donors (Lipinski definition) is 2. The second-order valence-corrected chi connectivity index (χ2v) is 4.27. The third-order valence-corrected chi connectivity index (χ3v) is 2.91. The molecule has 0 bridgehead atoms. The Kier molecular flexibility index (Phi) is 4.69. The van der Waals surface area contributed by atoms with E-state index in [1.54, 1.807) is 18.5 Å². The van der Waals surface area contributed by atoms with Crippen LogP contribution >= 0.6 is 0 Å². The third kappa shape index (κ3) is 3.84. The highest BCUT2D eigenvalue weighted by Gasteiger charge is 2.17. The standard InChI is InChI=1S/C13H18N4O/c18-12(11-5-2-1-3-6-11)14-9-10-17-13-15-7-4-8-16-13/h1-2,4,7-8,11H,3,5-6,9-10H2,(H,14,18)(H,15,16,17). The van der Waals surface area contributed by atoms with E-state index in [9.17, 15) is 4.79 Å². The van der Waals surface area contributed by atoms with Crippen molar-refractivity contribution in [3.63, 3.8) is 0 Å². The van der Waals surface area contributed by atoms with E-state index in [0.717, 1.165) is 19.3 Å². The quantitative estimate of drug-likeness (QED) is 0.608. The van der Waals surface area contributed by atoms with Gasteiger partial charge in [-0.05, 0) is 25.3 Å². The maximum atomic E-state index is 11.8. The number of rotatable bonds is 5. The van der Waals surface area contributed by atoms with E-state index in [1.165, 1.54) is 0 Å². The lowest BCUT2D eigenvalue weighted by Gasteiger charge is -2.17. The van der Waals surface area contributed by atoms with Crippen molar-refractivity contribution in [1.82, 2.24) is 15.3 Å². The smallest absolute Gasteiger partial charge is 0.223 e. The van der Waals surface area contributed by atoms with Gasteiger partial charge in [0.15, 0.2) is 0 Å². The summed E-state index contributed by atoms with van der Waals surface area (Å²) in [7, 11) is 0. The molecule has 0 fully saturated rings. The molecule has 0 radical (unpaired) electrons. The molecule has 2 rings (SSSR count). The molecule has 96 valence electrons. The number of hydrogen-bond acceptors (Lipinski definition) is 4. The highest BCUT2D eigenvalue weighted by atomic mass is 16.1. The molecule has 0 saturated carbocycles. The van der Waals surface area contributed by atoms with Gasteiger partial charge in [0.2, 0.25) is 11.9 Å². The fraction of sp³-hybridized carbons (Fsp3) is 0.462. The lowest BCUT2D eigenvalue weighted by molar-refractivity contribution is -0.125. The van der Waals surface area contributed by atoms with Gasteiger partial charge in [-0.25, -0.2) is 9.97 Å². The van der Waals surface area contributed by atoms with Crippen LogP contribution in [0.25, 0.3) is 0 Å². The van der Waals surface area contributed by atoms with E-state index in [0.29, 0.717) is 19.0 Å². The molecular weight excluding hydrogens is 228 g/mol. The van der Waals surface area contributed by atoms with Crippen LogP contribution < -0.4 is 10.6 Å². The van der Waals surface area contributed by atoms with E-state index in [1.807, 2.05) is 0 Å². The van der Waals surface area contributed by atoms with Gasteiger partial charge in [0.25, 0.3) is 0 Å². The molecule has 1 heterocycles. The minimum Gasteiger partial charge on any atom is -0.354 e. The molecule has 18 heavy (non-hydrogen) atoms. The number of nitrogens with zero attached hydrogens (tertiary/aromatic N) is 2. The summed E-state index contributed by atoms with van der Waals surface area (Å²) in [6.45, 7) is 1.23. The van der Waals surface area contributed by atoms with E-state index in [-0.39, 0.29) is 11.8 Å². The number of carbonyl (C=O) groups excluding carboxylic acids is 1. The molecule has 1 atom stereocenters. The Bertz CT molecular complexity index is 405. The van der Waals surface area contributed by atoms with Crippen molar-refractivity contribution < 1.29 is 4.79 Å². The summed E-state index contributed by atoms with van der Waals surface area (Å²) in [5, 5.41) is 5.98. The minimum absolute atomic E-state index is 0.142. The first-order valence-electron chi connectivity index (χ1n) is 6.30. The first-order valence-corrected chi connectivity index (χ1v) is 6.30. The van der Waals surface area contributed by atoms with Crippen molar-refractivity contribution in [3.8, 4) is 0 Å². The van der Waals surface area contributed by atoms with E-state index in [2.05, 4.69) is 32.8 Å². The molecule has 1 unspecified atom stereocenters. The fourth-order valence-corrected chi connectivity index (χ4v) is 1.93. The lowest BCUT2D eigenvalue weighted by atomic mass is 9.94. The van der Waals surface area contributed by atoms with Gasteiger partial charge in [0.1, 0.15) is 0 Å². The van der Waals surface area contributed by atoms with Gasteiger partial charge in [-0.3, -0.25) is 4.79 Å². The van der Waals surface area contributed by atoms with Gasteiger partial charge >= 0.3 is 0 Å². The Morgan fingerprint density at radius 2 is 2.11 bits per heavy atom. The van der Waals surface area contributed by atoms with Crippen LogP contribution in [0.3, 0.4) is 0 Å². The van der Waals surface area contributed by atoms with Crippen molar-refractivity contribution in [2.75, 3.05) is 18.4 Å². The summed E-state index contributed by atoms with van der Waals surface area (Å²) >= 11 is 0. The molecule has 1 aliphatic carbocycles. The van der Waals surface area contributed by atoms with Gasteiger partial charge in [0.05, 0.1) is 0 Å². The van der Waals surface area contributed by atoms with Crippen molar-refractivity contribution in [1.29, 1.82) is 0 Å². The molecular formula is C13H18N4O. The van der Waals surface area contributed by atoms with Crippen LogP contribution in [0.2, 0.25) is 0 Å². The van der Waals surface area contributed by atoms with Gasteiger partial charge < -0.3 is 10.6 Å². The Labute approximate surface area is 107 Å². The number of amides is 1. The van der Waals surface area contributed by atoms with Crippen LogP contribution in [0.4, 0.5) is 5.95 Å². The first kappa shape index (κ1) is 12.5. The van der Waals surface area contributed by atoms with E-state index >= 15 is 0 Å². The lowest BCUT2D eigenvalue weighted by Crippen LogP contribution is -2.34. The van der Waals surface area contributed by atoms with Crippen molar-refractivity contribution >= 4 is 11.9 Å². The van der Waals surface area contributed by atoms with E-state index < -0.39 is 0 Å². The molecule has 2 N–H and O–H groups in total. The molecule has 5 heteroatoms. The fourth-order valence-electron chi connectivity index (χ4n) is 1.93. The second kappa shape index (κ2) is 6.74. The van der Waals surface area contributed by atoms with Crippen LogP contribution in [0.15, 0.2) is 30.6 Å². The minimum atomic E-state index is 0.142. The number of anilines is 1. The van der Waals surface area contributed by atoms with Crippen molar-refractivity contribution in [3.05, 3.63) is 30.6 Å². The Balaban J connectivity index is 1.63. The Morgan fingerprint density at radius 1 is 1.28 bits per heavy atom. The number of aromatic nitrogens is 2. The molecule has 0 aliphatic heterocycles. The predicted octanol–water partition coefficient (Wildman–Crippen LogP) is 1.36. The number of allylic oxidation sites excluding steroid dienone is 2. The zero-order valence-corrected chi connectivity index (χ0v) is 10.3. The maximum absolute atomic E-state index is 11.8. The number of carbonyl (C=O) groups is 1. The Morgan fingerprint density at radius 3 is 2.83 bits per heavy atom. The third-order valence-electron chi connectivity index (χ3n) is 2.91. The zero-order chi connectivity index (χ0) is 12.6. The van der Waals surface area contributed by atoms with Crippen LogP contribution in [0.5, 0.6) is 0 Å². The molecule has 0 saturated heterocycles. The average molecular weight is 246 g/mol. The molecule has 1 aromatic rings. The van der Waals surface area contributed by atoms with Crippen LogP contribution in [-0.2, 0) is 4.79 Å². The average Bonchev–Trinajstić information content (AvgIpc) is 2.45. The summed E-state index contributed by atoms with van der Waals surface area (Å²) in [5.41, 5.74) is 0. The molecule has 0 spiro atoms. The normalized spacial score (nSPS) is 18.3. The predicted molar refractivity (Wildman–Crippen MR) is 70.0 cm³/mol. The molecule has 1 aliphatic rings. The summed E-state index contributed by atoms with van der Waals surface area (Å²) < 4.78 is 0. The molecule has 0 aromatic carbocycles. The number of nitrogens with one attached hydrogen (secondary N) is 2. The van der Waals surface area contributed by atoms with Crippen molar-refractivity contribution in [2.24, 2.45) is 5.92 Å². The van der Waals surface area contributed by atoms with Gasteiger partial charge in [-0.2, -0.15) is 0 Å². The van der Waals surface area contributed by atoms with Gasteiger partial charge in [-0.15, -0.1) is 0 Å². The van der Waals surface area contributed by atoms with Crippen LogP contribution in [0.1, 0.15) is 19.3 Å². The van der Waals surface area contributed by atoms with Crippen LogP contribution in [0, 0.1) is 5.92 Å². The topological polar surface area (TPSA) is 66.9 Å². The molecule has 1 aromatic heterocycles. The maximum Gasteiger partial charge on any atom is 0.223 e. The highest BCUT2D eigenvalue weighted by molar-refractivity contribution is 5.78. The van der Waals surface area contributed by atoms with Crippen molar-refractivity contribution in [2.45, 2.75) is 19.3 Å². The first-order chi connectivity index (χ1) is 8.86. The van der Waals surface area contributed by atoms with Crippen LogP contribution in [-0.4, -0.2) is 29.0 Å². The SMILES string of the molecule is O=C(NCCNc1ncccn1)C1CC=CCC1. The van der Waals surface area contributed by atoms with Gasteiger partial charge in [0, 0.05) is 31.4 Å². The zero-order valence-electron chi connectivity index (χ0n) is 10.3. The summed E-state index contributed by atoms with van der Waals surface area (Å²) in [6, 6.07) is 1.77. The summed E-state index contributed by atoms with van der Waals surface area (Å²) in [6.07, 6.45) is 10.4. The monoisotopic (exact) mass is 246 g/mol. The summed E-state index contributed by atoms with van der Waals surface area (Å²) in [4.78, 5) is 19.9. The van der Waals surface area contributed by atoms with Gasteiger partial charge in [-0.1, -0.05) is 12.2 Å². The summed E-state index contributed by atoms with van der Waals surface area (Å²) in [5.74, 6) is 0.880.